The first kappa shape index (κ1) is 7.60. The first-order valence-corrected chi connectivity index (χ1v) is 4.80. The van der Waals surface area contributed by atoms with E-state index in [9.17, 15) is 0 Å². The topological polar surface area (TPSA) is 26.0 Å². The van der Waals surface area contributed by atoms with Crippen LogP contribution in [0.5, 0.6) is 0 Å². The van der Waals surface area contributed by atoms with Gasteiger partial charge in [-0.05, 0) is 42.9 Å². The molecule has 64 valence electrons. The fraction of sp³-hybridized carbons (Fsp3) is 1.00. The maximum Gasteiger partial charge on any atom is 0.0101 e. The Bertz CT molecular complexity index is 168. The minimum Gasteiger partial charge on any atom is -0.327 e. The van der Waals surface area contributed by atoms with E-state index in [1.165, 1.54) is 32.1 Å². The van der Waals surface area contributed by atoms with Crippen LogP contribution in [0.25, 0.3) is 0 Å². The average molecular weight is 153 g/mol. The molecule has 1 nitrogen and oxygen atoms in total. The Kier molecular flexibility index (Phi) is 1.39. The third-order valence-corrected chi connectivity index (χ3v) is 3.75. The summed E-state index contributed by atoms with van der Waals surface area (Å²) in [6.45, 7) is 4.70. The minimum absolute atomic E-state index is 0.506. The summed E-state index contributed by atoms with van der Waals surface area (Å²) in [5.41, 5.74) is 7.29. The Hall–Kier alpha value is -0.0400. The van der Waals surface area contributed by atoms with E-state index in [1.807, 2.05) is 0 Å². The maximum atomic E-state index is 6.15. The second kappa shape index (κ2) is 2.01. The average Bonchev–Trinajstić information content (AvgIpc) is 2.60. The summed E-state index contributed by atoms with van der Waals surface area (Å²) in [7, 11) is 0. The summed E-state index contributed by atoms with van der Waals surface area (Å²) in [5, 5.41) is 0. The van der Waals surface area contributed by atoms with Crippen LogP contribution in [0, 0.1) is 10.8 Å². The molecular weight excluding hydrogens is 134 g/mol. The van der Waals surface area contributed by atoms with Gasteiger partial charge < -0.3 is 5.73 Å². The summed E-state index contributed by atoms with van der Waals surface area (Å²) in [5.74, 6) is 0. The van der Waals surface area contributed by atoms with Crippen LogP contribution >= 0.6 is 0 Å². The molecule has 0 aromatic heterocycles. The fourth-order valence-electron chi connectivity index (χ4n) is 2.47. The van der Waals surface area contributed by atoms with Crippen molar-refractivity contribution in [1.82, 2.24) is 0 Å². The van der Waals surface area contributed by atoms with E-state index >= 15 is 0 Å². The predicted molar refractivity (Wildman–Crippen MR) is 47.3 cm³/mol. The van der Waals surface area contributed by atoms with Crippen molar-refractivity contribution in [2.24, 2.45) is 16.6 Å². The molecule has 0 saturated heterocycles. The van der Waals surface area contributed by atoms with Crippen LogP contribution in [0.2, 0.25) is 0 Å². The van der Waals surface area contributed by atoms with Crippen molar-refractivity contribution in [3.63, 3.8) is 0 Å². The van der Waals surface area contributed by atoms with Crippen molar-refractivity contribution in [3.05, 3.63) is 0 Å². The van der Waals surface area contributed by atoms with Crippen molar-refractivity contribution < 1.29 is 0 Å². The van der Waals surface area contributed by atoms with Gasteiger partial charge in [0.25, 0.3) is 0 Å². The quantitative estimate of drug-likeness (QED) is 0.568. The van der Waals surface area contributed by atoms with Gasteiger partial charge in [0, 0.05) is 6.04 Å². The summed E-state index contributed by atoms with van der Waals surface area (Å²) < 4.78 is 0. The molecule has 0 heterocycles. The zero-order chi connectivity index (χ0) is 8.11. The minimum atomic E-state index is 0.506. The van der Waals surface area contributed by atoms with E-state index in [0.29, 0.717) is 16.9 Å². The van der Waals surface area contributed by atoms with Crippen LogP contribution in [0.15, 0.2) is 0 Å². The molecule has 2 aliphatic carbocycles. The van der Waals surface area contributed by atoms with Gasteiger partial charge in [-0.1, -0.05) is 13.8 Å². The van der Waals surface area contributed by atoms with Crippen LogP contribution in [0.3, 0.4) is 0 Å². The summed E-state index contributed by atoms with van der Waals surface area (Å²) in [6, 6.07) is 0.506. The van der Waals surface area contributed by atoms with Crippen molar-refractivity contribution in [3.8, 4) is 0 Å². The van der Waals surface area contributed by atoms with Gasteiger partial charge in [-0.15, -0.1) is 0 Å². The molecule has 0 bridgehead atoms. The molecule has 2 rings (SSSR count). The van der Waals surface area contributed by atoms with Gasteiger partial charge in [0.05, 0.1) is 0 Å². The van der Waals surface area contributed by atoms with Gasteiger partial charge >= 0.3 is 0 Å². The lowest BCUT2D eigenvalue weighted by molar-refractivity contribution is 0.150. The van der Waals surface area contributed by atoms with E-state index in [0.717, 1.165) is 0 Å². The SMILES string of the molecule is CC1(C)CCC2(CC2)C(N)C1. The Morgan fingerprint density at radius 1 is 1.09 bits per heavy atom. The molecule has 0 aromatic rings. The smallest absolute Gasteiger partial charge is 0.0101 e. The van der Waals surface area contributed by atoms with Crippen LogP contribution in [-0.2, 0) is 0 Å². The van der Waals surface area contributed by atoms with E-state index < -0.39 is 0 Å². The second-order valence-corrected chi connectivity index (χ2v) is 5.34. The summed E-state index contributed by atoms with van der Waals surface area (Å²) >= 11 is 0. The van der Waals surface area contributed by atoms with Crippen LogP contribution in [-0.4, -0.2) is 6.04 Å². The molecule has 2 saturated carbocycles. The van der Waals surface area contributed by atoms with Gasteiger partial charge in [-0.3, -0.25) is 0 Å². The van der Waals surface area contributed by atoms with Gasteiger partial charge in [0.2, 0.25) is 0 Å². The summed E-state index contributed by atoms with van der Waals surface area (Å²) in [6.07, 6.45) is 6.84. The summed E-state index contributed by atoms with van der Waals surface area (Å²) in [4.78, 5) is 0. The van der Waals surface area contributed by atoms with Gasteiger partial charge in [0.1, 0.15) is 0 Å². The highest BCUT2D eigenvalue weighted by atomic mass is 14.8. The van der Waals surface area contributed by atoms with Gasteiger partial charge in [0.15, 0.2) is 0 Å². The van der Waals surface area contributed by atoms with Gasteiger partial charge in [-0.25, -0.2) is 0 Å². The molecule has 11 heavy (non-hydrogen) atoms. The zero-order valence-corrected chi connectivity index (χ0v) is 7.69. The largest absolute Gasteiger partial charge is 0.327 e. The Morgan fingerprint density at radius 3 is 2.09 bits per heavy atom. The Balaban J connectivity index is 2.05. The van der Waals surface area contributed by atoms with Crippen molar-refractivity contribution in [2.75, 3.05) is 0 Å². The third-order valence-electron chi connectivity index (χ3n) is 3.75. The number of hydrogen-bond acceptors (Lipinski definition) is 1. The highest BCUT2D eigenvalue weighted by Crippen LogP contribution is 2.58. The Labute approximate surface area is 69.4 Å². The third kappa shape index (κ3) is 1.20. The molecule has 0 radical (unpaired) electrons. The molecular formula is C10H19N. The molecule has 0 amide bonds. The molecule has 1 atom stereocenters. The Morgan fingerprint density at radius 2 is 1.64 bits per heavy atom. The zero-order valence-electron chi connectivity index (χ0n) is 7.69. The van der Waals surface area contributed by atoms with Crippen LogP contribution in [0.4, 0.5) is 0 Å². The van der Waals surface area contributed by atoms with Crippen molar-refractivity contribution in [2.45, 2.75) is 52.0 Å². The van der Waals surface area contributed by atoms with E-state index in [1.54, 1.807) is 0 Å². The molecule has 2 fully saturated rings. The molecule has 0 aromatic carbocycles. The first-order chi connectivity index (χ1) is 5.04. The lowest BCUT2D eigenvalue weighted by Crippen LogP contribution is -2.41. The highest BCUT2D eigenvalue weighted by Gasteiger charge is 2.51. The number of rotatable bonds is 0. The molecule has 1 heteroatoms. The van der Waals surface area contributed by atoms with E-state index in [2.05, 4.69) is 13.8 Å². The maximum absolute atomic E-state index is 6.15. The van der Waals surface area contributed by atoms with Crippen LogP contribution < -0.4 is 5.73 Å². The molecule has 1 spiro atoms. The predicted octanol–water partition coefficient (Wildman–Crippen LogP) is 2.30. The number of nitrogens with two attached hydrogens (primary N) is 1. The van der Waals surface area contributed by atoms with E-state index in [-0.39, 0.29) is 0 Å². The normalized spacial score (nSPS) is 39.0. The van der Waals surface area contributed by atoms with Crippen molar-refractivity contribution >= 4 is 0 Å². The van der Waals surface area contributed by atoms with Crippen molar-refractivity contribution in [1.29, 1.82) is 0 Å². The second-order valence-electron chi connectivity index (χ2n) is 5.34. The standard InChI is InChI=1S/C10H19N/c1-9(2)3-4-10(5-6-10)8(11)7-9/h8H,3-7,11H2,1-2H3. The fourth-order valence-corrected chi connectivity index (χ4v) is 2.47. The molecule has 2 N–H and O–H groups in total. The molecule has 1 unspecified atom stereocenters. The first-order valence-electron chi connectivity index (χ1n) is 4.80. The van der Waals surface area contributed by atoms with Gasteiger partial charge in [-0.2, -0.15) is 0 Å². The molecule has 2 aliphatic rings. The lowest BCUT2D eigenvalue weighted by atomic mass is 9.69. The molecule has 0 aliphatic heterocycles. The highest BCUT2D eigenvalue weighted by molar-refractivity contribution is 5.05. The number of hydrogen-bond donors (Lipinski definition) is 1. The lowest BCUT2D eigenvalue weighted by Gasteiger charge is -2.39. The monoisotopic (exact) mass is 153 g/mol. The van der Waals surface area contributed by atoms with E-state index in [4.69, 9.17) is 5.73 Å². The van der Waals surface area contributed by atoms with Crippen LogP contribution in [0.1, 0.15) is 46.0 Å².